The lowest BCUT2D eigenvalue weighted by molar-refractivity contribution is 0.213. The van der Waals surface area contributed by atoms with Gasteiger partial charge in [0.05, 0.1) is 21.6 Å². The molecular weight excluding hydrogens is 537 g/mol. The van der Waals surface area contributed by atoms with Crippen LogP contribution in [0.15, 0.2) is 96.0 Å². The molecule has 1 aliphatic heterocycles. The first-order chi connectivity index (χ1) is 17.3. The summed E-state index contributed by atoms with van der Waals surface area (Å²) in [6, 6.07) is 25.5. The number of hydrogen-bond donors (Lipinski definition) is 0. The van der Waals surface area contributed by atoms with E-state index >= 15 is 0 Å². The Bertz CT molecular complexity index is 1460. The molecule has 0 aliphatic carbocycles. The lowest BCUT2D eigenvalue weighted by atomic mass is 10.0. The van der Waals surface area contributed by atoms with Gasteiger partial charge in [0.25, 0.3) is 10.0 Å². The summed E-state index contributed by atoms with van der Waals surface area (Å²) in [4.78, 5) is 4.81. The van der Waals surface area contributed by atoms with Crippen LogP contribution in [-0.4, -0.2) is 36.9 Å². The molecule has 36 heavy (non-hydrogen) atoms. The van der Waals surface area contributed by atoms with E-state index in [2.05, 4.69) is 9.80 Å². The van der Waals surface area contributed by atoms with Crippen molar-refractivity contribution in [2.24, 2.45) is 0 Å². The molecule has 5 rings (SSSR count). The predicted molar refractivity (Wildman–Crippen MR) is 147 cm³/mol. The summed E-state index contributed by atoms with van der Waals surface area (Å²) in [7, 11) is -3.68. The topological polar surface area (TPSA) is 45.6 Å². The van der Waals surface area contributed by atoms with Gasteiger partial charge in [-0.25, -0.2) is 12.4 Å². The predicted octanol–water partition coefficient (Wildman–Crippen LogP) is 6.75. The maximum absolute atomic E-state index is 13.3. The van der Waals surface area contributed by atoms with E-state index in [1.165, 1.54) is 3.97 Å². The highest BCUT2D eigenvalue weighted by Crippen LogP contribution is 2.37. The first kappa shape index (κ1) is 25.2. The van der Waals surface area contributed by atoms with E-state index in [1.54, 1.807) is 48.7 Å². The number of anilines is 1. The van der Waals surface area contributed by atoms with Crippen LogP contribution in [0.4, 0.5) is 5.69 Å². The van der Waals surface area contributed by atoms with Gasteiger partial charge in [0.15, 0.2) is 0 Å². The van der Waals surface area contributed by atoms with Gasteiger partial charge in [0.2, 0.25) is 0 Å². The van der Waals surface area contributed by atoms with Gasteiger partial charge >= 0.3 is 0 Å². The van der Waals surface area contributed by atoms with Crippen LogP contribution in [0.1, 0.15) is 17.3 Å². The summed E-state index contributed by atoms with van der Waals surface area (Å²) in [5, 5.41) is 1.86. The van der Waals surface area contributed by atoms with Gasteiger partial charge in [-0.3, -0.25) is 4.90 Å². The van der Waals surface area contributed by atoms with Crippen molar-refractivity contribution in [2.75, 3.05) is 24.5 Å². The van der Waals surface area contributed by atoms with Crippen molar-refractivity contribution < 1.29 is 8.42 Å². The fraction of sp³-hybridized carbons (Fsp3) is 0.185. The maximum atomic E-state index is 13.3. The van der Waals surface area contributed by atoms with Crippen molar-refractivity contribution in [1.82, 2.24) is 8.87 Å². The number of nitrogens with zero attached hydrogens (tertiary/aromatic N) is 3. The Morgan fingerprint density at radius 1 is 0.806 bits per heavy atom. The zero-order valence-electron chi connectivity index (χ0n) is 19.3. The highest BCUT2D eigenvalue weighted by molar-refractivity contribution is 7.90. The SMILES string of the molecule is O=S(=O)(c1ccccc1)n1cccc1CN1CCN(c2ccc(Cl)cc2Cl)C(c2ccc(Cl)cc2)C1. The second-order valence-electron chi connectivity index (χ2n) is 8.71. The zero-order valence-corrected chi connectivity index (χ0v) is 22.4. The van der Waals surface area contributed by atoms with Gasteiger partial charge in [0, 0.05) is 48.1 Å². The second kappa shape index (κ2) is 10.5. The molecule has 5 nitrogen and oxygen atoms in total. The minimum Gasteiger partial charge on any atom is -0.361 e. The Morgan fingerprint density at radius 3 is 2.25 bits per heavy atom. The van der Waals surface area contributed by atoms with Gasteiger partial charge in [-0.15, -0.1) is 0 Å². The maximum Gasteiger partial charge on any atom is 0.267 e. The van der Waals surface area contributed by atoms with Gasteiger partial charge < -0.3 is 4.90 Å². The highest BCUT2D eigenvalue weighted by atomic mass is 35.5. The van der Waals surface area contributed by atoms with Crippen LogP contribution in [0.25, 0.3) is 0 Å². The van der Waals surface area contributed by atoms with Crippen LogP contribution in [0, 0.1) is 0 Å². The summed E-state index contributed by atoms with van der Waals surface area (Å²) in [6.45, 7) is 2.61. The Morgan fingerprint density at radius 2 is 1.53 bits per heavy atom. The molecule has 4 aromatic rings. The molecular formula is C27H24Cl3N3O2S. The van der Waals surface area contributed by atoms with E-state index in [-0.39, 0.29) is 10.9 Å². The van der Waals surface area contributed by atoms with Crippen LogP contribution >= 0.6 is 34.8 Å². The molecule has 1 aliphatic rings. The molecule has 0 amide bonds. The first-order valence-corrected chi connectivity index (χ1v) is 14.1. The Labute approximate surface area is 226 Å². The van der Waals surface area contributed by atoms with Gasteiger partial charge in [0.1, 0.15) is 0 Å². The lowest BCUT2D eigenvalue weighted by Gasteiger charge is -2.43. The molecule has 3 aromatic carbocycles. The third kappa shape index (κ3) is 5.15. The molecule has 0 radical (unpaired) electrons. The quantitative estimate of drug-likeness (QED) is 0.262. The van der Waals surface area contributed by atoms with E-state index in [9.17, 15) is 8.42 Å². The summed E-state index contributed by atoms with van der Waals surface area (Å²) in [5.74, 6) is 0. The standard InChI is InChI=1S/C27H24Cl3N3O2S/c28-21-10-8-20(9-11-21)27-19-31(15-16-32(27)26-13-12-22(29)17-25(26)30)18-23-5-4-14-33(23)36(34,35)24-6-2-1-3-7-24/h1-14,17,27H,15-16,18-19H2. The molecule has 0 N–H and O–H groups in total. The van der Waals surface area contributed by atoms with Gasteiger partial charge in [-0.2, -0.15) is 0 Å². The van der Waals surface area contributed by atoms with E-state index < -0.39 is 10.0 Å². The van der Waals surface area contributed by atoms with Crippen molar-refractivity contribution >= 4 is 50.5 Å². The summed E-state index contributed by atoms with van der Waals surface area (Å²) < 4.78 is 27.9. The Hall–Kier alpha value is -2.48. The summed E-state index contributed by atoms with van der Waals surface area (Å²) in [6.07, 6.45) is 1.61. The van der Waals surface area contributed by atoms with Crippen LogP contribution < -0.4 is 4.90 Å². The Balaban J connectivity index is 1.44. The van der Waals surface area contributed by atoms with Crippen LogP contribution in [0.3, 0.4) is 0 Å². The third-order valence-electron chi connectivity index (χ3n) is 6.42. The number of aromatic nitrogens is 1. The fourth-order valence-corrected chi connectivity index (χ4v) is 6.68. The van der Waals surface area contributed by atoms with Crippen molar-refractivity contribution in [3.8, 4) is 0 Å². The van der Waals surface area contributed by atoms with E-state index in [1.807, 2.05) is 42.5 Å². The number of halogens is 3. The molecule has 0 spiro atoms. The average molecular weight is 561 g/mol. The molecule has 0 saturated carbocycles. The van der Waals surface area contributed by atoms with E-state index in [0.717, 1.165) is 17.8 Å². The van der Waals surface area contributed by atoms with Gasteiger partial charge in [-0.1, -0.05) is 65.1 Å². The minimum absolute atomic E-state index is 0.0103. The lowest BCUT2D eigenvalue weighted by Crippen LogP contribution is -2.48. The molecule has 1 unspecified atom stereocenters. The normalized spacial score (nSPS) is 16.9. The zero-order chi connectivity index (χ0) is 25.3. The number of hydrogen-bond acceptors (Lipinski definition) is 4. The third-order valence-corrected chi connectivity index (χ3v) is 8.95. The van der Waals surface area contributed by atoms with Crippen molar-refractivity contribution in [2.45, 2.75) is 17.5 Å². The molecule has 1 saturated heterocycles. The van der Waals surface area contributed by atoms with E-state index in [4.69, 9.17) is 34.8 Å². The van der Waals surface area contributed by atoms with E-state index in [0.29, 0.717) is 40.4 Å². The van der Waals surface area contributed by atoms with Gasteiger partial charge in [-0.05, 0) is 60.2 Å². The van der Waals surface area contributed by atoms with Crippen LogP contribution in [0.5, 0.6) is 0 Å². The van der Waals surface area contributed by atoms with Crippen LogP contribution in [-0.2, 0) is 16.6 Å². The number of rotatable bonds is 6. The largest absolute Gasteiger partial charge is 0.361 e. The van der Waals surface area contributed by atoms with Crippen molar-refractivity contribution in [1.29, 1.82) is 0 Å². The Kier molecular flexibility index (Phi) is 7.33. The number of benzene rings is 3. The minimum atomic E-state index is -3.68. The molecule has 2 heterocycles. The molecule has 1 atom stereocenters. The van der Waals surface area contributed by atoms with Crippen molar-refractivity contribution in [3.05, 3.63) is 117 Å². The smallest absolute Gasteiger partial charge is 0.267 e. The average Bonchev–Trinajstić information content (AvgIpc) is 3.34. The molecule has 9 heteroatoms. The fourth-order valence-electron chi connectivity index (χ4n) is 4.65. The molecule has 1 aromatic heterocycles. The molecule has 0 bridgehead atoms. The second-order valence-corrected chi connectivity index (χ2v) is 11.8. The first-order valence-electron chi connectivity index (χ1n) is 11.5. The molecule has 1 fully saturated rings. The monoisotopic (exact) mass is 559 g/mol. The molecule has 186 valence electrons. The summed E-state index contributed by atoms with van der Waals surface area (Å²) in [5.41, 5.74) is 2.73. The van der Waals surface area contributed by atoms with Crippen molar-refractivity contribution in [3.63, 3.8) is 0 Å². The highest BCUT2D eigenvalue weighted by Gasteiger charge is 2.31. The van der Waals surface area contributed by atoms with Crippen LogP contribution in [0.2, 0.25) is 15.1 Å². The number of piperazine rings is 1. The summed E-state index contributed by atoms with van der Waals surface area (Å²) >= 11 is 18.9.